The number of ether oxygens (including phenoxy) is 1. The molecule has 0 aliphatic carbocycles. The molecule has 1 fully saturated rings. The second-order valence-corrected chi connectivity index (χ2v) is 5.13. The Bertz CT molecular complexity index is 479. The summed E-state index contributed by atoms with van der Waals surface area (Å²) in [4.78, 5) is 12.8. The van der Waals surface area contributed by atoms with Crippen LogP contribution in [0.5, 0.6) is 5.75 Å². The summed E-state index contributed by atoms with van der Waals surface area (Å²) in [6.07, 6.45) is 1.90. The van der Waals surface area contributed by atoms with Crippen molar-refractivity contribution in [2.45, 2.75) is 19.8 Å². The lowest BCUT2D eigenvalue weighted by molar-refractivity contribution is -0.384. The van der Waals surface area contributed by atoms with E-state index in [4.69, 9.17) is 10.5 Å². The highest BCUT2D eigenvalue weighted by atomic mass is 16.6. The number of nitro benzene ring substituents is 1. The Kier molecular flexibility index (Phi) is 4.79. The number of hydrogen-bond acceptors (Lipinski definition) is 5. The van der Waals surface area contributed by atoms with Gasteiger partial charge in [-0.05, 0) is 25.3 Å². The summed E-state index contributed by atoms with van der Waals surface area (Å²) in [5.41, 5.74) is 6.61. The molecule has 1 aromatic carbocycles. The first-order valence-electron chi connectivity index (χ1n) is 7.01. The van der Waals surface area contributed by atoms with Crippen LogP contribution >= 0.6 is 0 Å². The molecule has 1 unspecified atom stereocenters. The first kappa shape index (κ1) is 14.6. The lowest BCUT2D eigenvalue weighted by atomic mass is 10.1. The maximum absolute atomic E-state index is 11.0. The summed E-state index contributed by atoms with van der Waals surface area (Å²) in [6, 6.07) is 4.97. The highest BCUT2D eigenvalue weighted by Gasteiger charge is 2.23. The minimum atomic E-state index is -0.376. The van der Waals surface area contributed by atoms with E-state index >= 15 is 0 Å². The Morgan fingerprint density at radius 3 is 2.90 bits per heavy atom. The van der Waals surface area contributed by atoms with Crippen LogP contribution in [0.1, 0.15) is 19.8 Å². The molecule has 1 atom stereocenters. The van der Waals surface area contributed by atoms with Crippen LogP contribution in [0.2, 0.25) is 0 Å². The average Bonchev–Trinajstić information content (AvgIpc) is 2.93. The Balaban J connectivity index is 2.22. The predicted octanol–water partition coefficient (Wildman–Crippen LogP) is 2.17. The molecule has 1 heterocycles. The van der Waals surface area contributed by atoms with E-state index in [1.165, 1.54) is 6.07 Å². The van der Waals surface area contributed by atoms with Crippen LogP contribution in [0.25, 0.3) is 0 Å². The highest BCUT2D eigenvalue weighted by Crippen LogP contribution is 2.31. The summed E-state index contributed by atoms with van der Waals surface area (Å²) in [5.74, 6) is 1.03. The summed E-state index contributed by atoms with van der Waals surface area (Å²) in [7, 11) is 0. The van der Waals surface area contributed by atoms with E-state index in [-0.39, 0.29) is 10.6 Å². The largest absolute Gasteiger partial charge is 0.493 e. The zero-order chi connectivity index (χ0) is 14.5. The molecule has 20 heavy (non-hydrogen) atoms. The van der Waals surface area contributed by atoms with Crippen LogP contribution < -0.4 is 15.4 Å². The van der Waals surface area contributed by atoms with Gasteiger partial charge in [0.15, 0.2) is 0 Å². The summed E-state index contributed by atoms with van der Waals surface area (Å²) >= 11 is 0. The van der Waals surface area contributed by atoms with Gasteiger partial charge in [-0.1, -0.05) is 6.92 Å². The van der Waals surface area contributed by atoms with Crippen molar-refractivity contribution in [3.05, 3.63) is 28.3 Å². The van der Waals surface area contributed by atoms with E-state index in [9.17, 15) is 10.1 Å². The zero-order valence-corrected chi connectivity index (χ0v) is 11.7. The average molecular weight is 279 g/mol. The van der Waals surface area contributed by atoms with Gasteiger partial charge in [0.25, 0.3) is 5.69 Å². The first-order valence-corrected chi connectivity index (χ1v) is 7.01. The molecule has 0 amide bonds. The SMILES string of the molecule is CCCOc1cc(N2CCC(CN)C2)cc([N+](=O)[O-])c1. The molecule has 1 aliphatic heterocycles. The van der Waals surface area contributed by atoms with Crippen molar-refractivity contribution < 1.29 is 9.66 Å². The maximum atomic E-state index is 11.0. The summed E-state index contributed by atoms with van der Waals surface area (Å²) < 4.78 is 5.54. The van der Waals surface area contributed by atoms with Gasteiger partial charge in [-0.15, -0.1) is 0 Å². The zero-order valence-electron chi connectivity index (χ0n) is 11.7. The Morgan fingerprint density at radius 1 is 1.50 bits per heavy atom. The number of nitrogens with zero attached hydrogens (tertiary/aromatic N) is 2. The molecular weight excluding hydrogens is 258 g/mol. The van der Waals surface area contributed by atoms with Gasteiger partial charge in [0, 0.05) is 30.9 Å². The van der Waals surface area contributed by atoms with Crippen molar-refractivity contribution in [1.29, 1.82) is 0 Å². The number of anilines is 1. The molecule has 1 aliphatic rings. The van der Waals surface area contributed by atoms with Crippen LogP contribution in [0.15, 0.2) is 18.2 Å². The Hall–Kier alpha value is -1.82. The van der Waals surface area contributed by atoms with Gasteiger partial charge in [0.05, 0.1) is 17.6 Å². The Morgan fingerprint density at radius 2 is 2.30 bits per heavy atom. The minimum absolute atomic E-state index is 0.0739. The van der Waals surface area contributed by atoms with Gasteiger partial charge >= 0.3 is 0 Å². The fraction of sp³-hybridized carbons (Fsp3) is 0.571. The van der Waals surface area contributed by atoms with Gasteiger partial charge in [-0.25, -0.2) is 0 Å². The lowest BCUT2D eigenvalue weighted by Gasteiger charge is -2.19. The molecule has 0 aromatic heterocycles. The topological polar surface area (TPSA) is 81.6 Å². The predicted molar refractivity (Wildman–Crippen MR) is 78.3 cm³/mol. The number of nitro groups is 1. The monoisotopic (exact) mass is 279 g/mol. The van der Waals surface area contributed by atoms with E-state index in [0.717, 1.165) is 31.6 Å². The molecule has 0 radical (unpaired) electrons. The third-order valence-electron chi connectivity index (χ3n) is 3.54. The molecule has 6 heteroatoms. The van der Waals surface area contributed by atoms with Gasteiger partial charge < -0.3 is 15.4 Å². The van der Waals surface area contributed by atoms with Gasteiger partial charge in [-0.3, -0.25) is 10.1 Å². The van der Waals surface area contributed by atoms with Crippen LogP contribution in [-0.4, -0.2) is 31.2 Å². The van der Waals surface area contributed by atoms with Gasteiger partial charge in [0.2, 0.25) is 0 Å². The van der Waals surface area contributed by atoms with E-state index < -0.39 is 0 Å². The molecule has 6 nitrogen and oxygen atoms in total. The highest BCUT2D eigenvalue weighted by molar-refractivity contribution is 5.58. The second-order valence-electron chi connectivity index (χ2n) is 5.13. The van der Waals surface area contributed by atoms with E-state index in [0.29, 0.717) is 24.8 Å². The van der Waals surface area contributed by atoms with Crippen LogP contribution in [0.4, 0.5) is 11.4 Å². The van der Waals surface area contributed by atoms with E-state index in [1.807, 2.05) is 13.0 Å². The summed E-state index contributed by atoms with van der Waals surface area (Å²) in [5, 5.41) is 11.0. The number of hydrogen-bond donors (Lipinski definition) is 1. The van der Waals surface area contributed by atoms with Crippen LogP contribution in [-0.2, 0) is 0 Å². The quantitative estimate of drug-likeness (QED) is 0.637. The number of non-ortho nitro benzene ring substituents is 1. The first-order chi connectivity index (χ1) is 9.63. The second kappa shape index (κ2) is 6.56. The molecular formula is C14H21N3O3. The fourth-order valence-electron chi connectivity index (χ4n) is 2.42. The van der Waals surface area contributed by atoms with E-state index in [1.54, 1.807) is 6.07 Å². The molecule has 1 aromatic rings. The van der Waals surface area contributed by atoms with Gasteiger partial charge in [0.1, 0.15) is 5.75 Å². The molecule has 1 saturated heterocycles. The van der Waals surface area contributed by atoms with Crippen molar-refractivity contribution in [1.82, 2.24) is 0 Å². The van der Waals surface area contributed by atoms with Crippen LogP contribution in [0.3, 0.4) is 0 Å². The van der Waals surface area contributed by atoms with Crippen molar-refractivity contribution in [3.63, 3.8) is 0 Å². The van der Waals surface area contributed by atoms with Crippen molar-refractivity contribution in [2.75, 3.05) is 31.1 Å². The third kappa shape index (κ3) is 3.39. The normalized spacial score (nSPS) is 18.3. The molecule has 110 valence electrons. The minimum Gasteiger partial charge on any atom is -0.493 e. The summed E-state index contributed by atoms with van der Waals surface area (Å²) in [6.45, 7) is 4.96. The fourth-order valence-corrected chi connectivity index (χ4v) is 2.42. The van der Waals surface area contributed by atoms with Gasteiger partial charge in [-0.2, -0.15) is 0 Å². The smallest absolute Gasteiger partial charge is 0.275 e. The van der Waals surface area contributed by atoms with Crippen molar-refractivity contribution in [3.8, 4) is 5.75 Å². The standard InChI is InChI=1S/C14H21N3O3/c1-2-5-20-14-7-12(6-13(8-14)17(18)19)16-4-3-11(9-15)10-16/h6-8,11H,2-5,9-10,15H2,1H3. The molecule has 2 rings (SSSR count). The third-order valence-corrected chi connectivity index (χ3v) is 3.54. The number of benzene rings is 1. The molecule has 0 saturated carbocycles. The molecule has 0 bridgehead atoms. The van der Waals surface area contributed by atoms with Crippen molar-refractivity contribution >= 4 is 11.4 Å². The van der Waals surface area contributed by atoms with E-state index in [2.05, 4.69) is 4.90 Å². The Labute approximate surface area is 118 Å². The number of nitrogens with two attached hydrogens (primary N) is 1. The van der Waals surface area contributed by atoms with Crippen LogP contribution in [0, 0.1) is 16.0 Å². The molecule has 2 N–H and O–H groups in total. The number of rotatable bonds is 6. The van der Waals surface area contributed by atoms with Crippen molar-refractivity contribution in [2.24, 2.45) is 11.7 Å². The maximum Gasteiger partial charge on any atom is 0.275 e. The molecule has 0 spiro atoms. The lowest BCUT2D eigenvalue weighted by Crippen LogP contribution is -2.22.